The molecule has 1 aromatic rings. The highest BCUT2D eigenvalue weighted by molar-refractivity contribution is 7.89. The molecule has 1 saturated carbocycles. The van der Waals surface area contributed by atoms with Gasteiger partial charge in [-0.2, -0.15) is 4.31 Å². The van der Waals surface area contributed by atoms with Crippen LogP contribution in [-0.2, 0) is 21.4 Å². The fourth-order valence-electron chi connectivity index (χ4n) is 4.77. The number of sulfonamides is 1. The molecule has 7 heteroatoms. The van der Waals surface area contributed by atoms with E-state index in [1.165, 1.54) is 19.3 Å². The van der Waals surface area contributed by atoms with Gasteiger partial charge in [0.25, 0.3) is 0 Å². The minimum Gasteiger partial charge on any atom is -0.349 e. The third-order valence-corrected chi connectivity index (χ3v) is 8.16. The number of hydrogen-bond donors (Lipinski definition) is 1. The van der Waals surface area contributed by atoms with Crippen LogP contribution in [0, 0.1) is 17.8 Å². The van der Waals surface area contributed by atoms with Crippen molar-refractivity contribution in [3.05, 3.63) is 29.8 Å². The molecule has 156 valence electrons. The lowest BCUT2D eigenvalue weighted by molar-refractivity contribution is -0.135. The monoisotopic (exact) mass is 407 g/mol. The Hall–Kier alpha value is -1.44. The number of hydrogen-bond acceptors (Lipinski definition) is 4. The minimum atomic E-state index is -3.65. The second-order valence-electron chi connectivity index (χ2n) is 8.50. The van der Waals surface area contributed by atoms with Crippen molar-refractivity contribution >= 4 is 15.9 Å². The van der Waals surface area contributed by atoms with Crippen LogP contribution in [0.2, 0.25) is 0 Å². The standard InChI is InChI=1S/C21H33N3O3S/c1-23(2)21(25)19-12-18(17-8-4-3-5-9-17)14-24(15-19)28(26,27)20-10-6-7-16(11-20)13-22/h6-7,10-11,17-19H,3-5,8-9,12-15,22H2,1-2H3/t18-,19+/m1/s1. The zero-order valence-corrected chi connectivity index (χ0v) is 17.8. The smallest absolute Gasteiger partial charge is 0.243 e. The third-order valence-electron chi connectivity index (χ3n) is 6.33. The van der Waals surface area contributed by atoms with Crippen molar-refractivity contribution in [2.75, 3.05) is 27.2 Å². The molecule has 2 fully saturated rings. The molecule has 0 radical (unpaired) electrons. The van der Waals surface area contributed by atoms with Gasteiger partial charge in [-0.05, 0) is 36.0 Å². The van der Waals surface area contributed by atoms with Crippen molar-refractivity contribution in [2.24, 2.45) is 23.5 Å². The number of piperidine rings is 1. The molecular formula is C21H33N3O3S. The molecule has 1 aliphatic heterocycles. The SMILES string of the molecule is CN(C)C(=O)[C@H]1C[C@@H](C2CCCCC2)CN(S(=O)(=O)c2cccc(CN)c2)C1. The van der Waals surface area contributed by atoms with Crippen molar-refractivity contribution in [1.29, 1.82) is 0 Å². The first-order valence-electron chi connectivity index (χ1n) is 10.3. The van der Waals surface area contributed by atoms with Gasteiger partial charge in [0.15, 0.2) is 0 Å². The van der Waals surface area contributed by atoms with Gasteiger partial charge in [0.1, 0.15) is 0 Å². The number of carbonyl (C=O) groups is 1. The van der Waals surface area contributed by atoms with Gasteiger partial charge in [0.05, 0.1) is 10.8 Å². The molecule has 2 N–H and O–H groups in total. The van der Waals surface area contributed by atoms with Crippen LogP contribution in [0.4, 0.5) is 0 Å². The Morgan fingerprint density at radius 1 is 1.14 bits per heavy atom. The molecule has 0 spiro atoms. The first-order chi connectivity index (χ1) is 13.3. The summed E-state index contributed by atoms with van der Waals surface area (Å²) in [4.78, 5) is 14.6. The molecular weight excluding hydrogens is 374 g/mol. The van der Waals surface area contributed by atoms with Crippen LogP contribution in [-0.4, -0.2) is 50.7 Å². The van der Waals surface area contributed by atoms with Crippen LogP contribution >= 0.6 is 0 Å². The van der Waals surface area contributed by atoms with Crippen molar-refractivity contribution in [1.82, 2.24) is 9.21 Å². The third kappa shape index (κ3) is 4.58. The molecule has 1 aliphatic carbocycles. The Morgan fingerprint density at radius 2 is 1.86 bits per heavy atom. The Kier molecular flexibility index (Phi) is 6.78. The topological polar surface area (TPSA) is 83.7 Å². The first kappa shape index (κ1) is 21.3. The van der Waals surface area contributed by atoms with Crippen LogP contribution < -0.4 is 5.73 Å². The van der Waals surface area contributed by atoms with Gasteiger partial charge in [-0.1, -0.05) is 44.2 Å². The van der Waals surface area contributed by atoms with E-state index in [0.717, 1.165) is 24.8 Å². The second kappa shape index (κ2) is 8.93. The Labute approximate surface area is 169 Å². The predicted molar refractivity (Wildman–Crippen MR) is 110 cm³/mol. The fourth-order valence-corrected chi connectivity index (χ4v) is 6.38. The van der Waals surface area contributed by atoms with Gasteiger partial charge in [-0.25, -0.2) is 8.42 Å². The highest BCUT2D eigenvalue weighted by Crippen LogP contribution is 2.38. The molecule has 3 rings (SSSR count). The van der Waals surface area contributed by atoms with E-state index in [-0.39, 0.29) is 29.2 Å². The van der Waals surface area contributed by atoms with Gasteiger partial charge in [0, 0.05) is 33.7 Å². The van der Waals surface area contributed by atoms with Crippen LogP contribution in [0.1, 0.15) is 44.1 Å². The number of nitrogens with two attached hydrogens (primary N) is 1. The molecule has 1 saturated heterocycles. The fraction of sp³-hybridized carbons (Fsp3) is 0.667. The average Bonchev–Trinajstić information content (AvgIpc) is 2.73. The Bertz CT molecular complexity index is 788. The maximum absolute atomic E-state index is 13.4. The van der Waals surface area contributed by atoms with Crippen LogP contribution in [0.25, 0.3) is 0 Å². The van der Waals surface area contributed by atoms with E-state index in [0.29, 0.717) is 19.0 Å². The van der Waals surface area contributed by atoms with Crippen molar-refractivity contribution in [3.8, 4) is 0 Å². The highest BCUT2D eigenvalue weighted by Gasteiger charge is 2.40. The lowest BCUT2D eigenvalue weighted by Crippen LogP contribution is -2.50. The highest BCUT2D eigenvalue weighted by atomic mass is 32.2. The lowest BCUT2D eigenvalue weighted by atomic mass is 9.74. The van der Waals surface area contributed by atoms with Gasteiger partial charge >= 0.3 is 0 Å². The van der Waals surface area contributed by atoms with Gasteiger partial charge in [-0.3, -0.25) is 4.79 Å². The molecule has 0 unspecified atom stereocenters. The summed E-state index contributed by atoms with van der Waals surface area (Å²) in [5.74, 6) is 0.509. The lowest BCUT2D eigenvalue weighted by Gasteiger charge is -2.41. The number of rotatable bonds is 5. The van der Waals surface area contributed by atoms with Gasteiger partial charge < -0.3 is 10.6 Å². The molecule has 2 atom stereocenters. The molecule has 0 aromatic heterocycles. The zero-order chi connectivity index (χ0) is 20.3. The second-order valence-corrected chi connectivity index (χ2v) is 10.4. The van der Waals surface area contributed by atoms with E-state index in [1.807, 2.05) is 6.07 Å². The van der Waals surface area contributed by atoms with E-state index >= 15 is 0 Å². The van der Waals surface area contributed by atoms with E-state index in [2.05, 4.69) is 0 Å². The summed E-state index contributed by atoms with van der Waals surface area (Å²) < 4.78 is 28.3. The molecule has 1 amide bonds. The van der Waals surface area contributed by atoms with E-state index in [4.69, 9.17) is 5.73 Å². The number of carbonyl (C=O) groups excluding carboxylic acids is 1. The van der Waals surface area contributed by atoms with Crippen molar-refractivity contribution < 1.29 is 13.2 Å². The maximum atomic E-state index is 13.4. The van der Waals surface area contributed by atoms with Crippen LogP contribution in [0.5, 0.6) is 0 Å². The first-order valence-corrected chi connectivity index (χ1v) is 11.8. The number of amides is 1. The molecule has 0 bridgehead atoms. The normalized spacial score (nSPS) is 24.8. The van der Waals surface area contributed by atoms with E-state index < -0.39 is 10.0 Å². The summed E-state index contributed by atoms with van der Waals surface area (Å²) >= 11 is 0. The number of benzene rings is 1. The summed E-state index contributed by atoms with van der Waals surface area (Å²) in [7, 11) is -0.159. The Morgan fingerprint density at radius 3 is 2.50 bits per heavy atom. The summed E-state index contributed by atoms with van der Waals surface area (Å²) in [6.45, 7) is 1.07. The largest absolute Gasteiger partial charge is 0.349 e. The zero-order valence-electron chi connectivity index (χ0n) is 17.0. The molecule has 1 heterocycles. The van der Waals surface area contributed by atoms with Gasteiger partial charge in [-0.15, -0.1) is 0 Å². The molecule has 1 aromatic carbocycles. The van der Waals surface area contributed by atoms with Crippen molar-refractivity contribution in [3.63, 3.8) is 0 Å². The maximum Gasteiger partial charge on any atom is 0.243 e. The molecule has 6 nitrogen and oxygen atoms in total. The van der Waals surface area contributed by atoms with Crippen LogP contribution in [0.3, 0.4) is 0 Å². The minimum absolute atomic E-state index is 0.0245. The number of nitrogens with zero attached hydrogens (tertiary/aromatic N) is 2. The van der Waals surface area contributed by atoms with E-state index in [9.17, 15) is 13.2 Å². The van der Waals surface area contributed by atoms with Gasteiger partial charge in [0.2, 0.25) is 15.9 Å². The summed E-state index contributed by atoms with van der Waals surface area (Å²) in [5, 5.41) is 0. The predicted octanol–water partition coefficient (Wildman–Crippen LogP) is 2.44. The van der Waals surface area contributed by atoms with Crippen molar-refractivity contribution in [2.45, 2.75) is 50.0 Å². The molecule has 28 heavy (non-hydrogen) atoms. The quantitative estimate of drug-likeness (QED) is 0.813. The summed E-state index contributed by atoms with van der Waals surface area (Å²) in [6, 6.07) is 6.85. The Balaban J connectivity index is 1.89. The van der Waals surface area contributed by atoms with Crippen LogP contribution in [0.15, 0.2) is 29.2 Å². The van der Waals surface area contributed by atoms with E-state index in [1.54, 1.807) is 41.5 Å². The summed E-state index contributed by atoms with van der Waals surface area (Å²) in [5.41, 5.74) is 6.49. The summed E-state index contributed by atoms with van der Waals surface area (Å²) in [6.07, 6.45) is 6.75. The average molecular weight is 408 g/mol. The molecule has 2 aliphatic rings.